The maximum atomic E-state index is 11.7. The molecule has 8 atom stereocenters. The zero-order valence-electron chi connectivity index (χ0n) is 15.1. The number of rotatable bonds is 10. The molecule has 0 fully saturated rings. The molecule has 0 rings (SSSR count). The van der Waals surface area contributed by atoms with Crippen LogP contribution in [0.5, 0.6) is 0 Å². The molecule has 0 aromatic carbocycles. The van der Waals surface area contributed by atoms with Crippen molar-refractivity contribution >= 4 is 21.0 Å². The third-order valence-corrected chi connectivity index (χ3v) is 4.57. The van der Waals surface area contributed by atoms with Crippen LogP contribution in [0, 0.1) is 0 Å². The first-order valence-electron chi connectivity index (χ1n) is 7.08. The molecule has 0 aromatic rings. The Hall–Kier alpha value is 0.0900. The van der Waals surface area contributed by atoms with E-state index in [1.165, 1.54) is 0 Å². The predicted octanol–water partition coefficient (Wildman–Crippen LogP) is -10.2. The van der Waals surface area contributed by atoms with E-state index in [1.54, 1.807) is 0 Å². The third kappa shape index (κ3) is 7.79. The van der Waals surface area contributed by atoms with Crippen molar-refractivity contribution in [2.45, 2.75) is 48.8 Å². The van der Waals surface area contributed by atoms with Crippen molar-refractivity contribution in [2.75, 3.05) is 13.2 Å². The van der Waals surface area contributed by atoms with E-state index >= 15 is 0 Å². The van der Waals surface area contributed by atoms with Crippen molar-refractivity contribution in [3.8, 4) is 0 Å². The first-order valence-corrected chi connectivity index (χ1v) is 8.22. The molecular formula is C12H23NaO13S. The monoisotopic (exact) mass is 430 g/mol. The summed E-state index contributed by atoms with van der Waals surface area (Å²) in [5.74, 6) is 0. The minimum Gasteiger partial charge on any atom is -1.00 e. The first-order chi connectivity index (χ1) is 11.9. The van der Waals surface area contributed by atoms with Crippen LogP contribution >= 0.6 is 0 Å². The number of carbonyl (C=O) groups excluding carboxylic acids is 2. The Labute approximate surface area is 178 Å². The molecule has 0 aromatic heterocycles. The molecule has 13 nitrogen and oxygen atoms in total. The second-order valence-electron chi connectivity index (χ2n) is 5.26. The molecule has 0 heterocycles. The van der Waals surface area contributed by atoms with Crippen molar-refractivity contribution in [3.05, 3.63) is 0 Å². The van der Waals surface area contributed by atoms with Gasteiger partial charge < -0.3 is 52.5 Å². The summed E-state index contributed by atoms with van der Waals surface area (Å²) in [5, 5.41) is 88.3. The Morgan fingerprint density at radius 2 is 0.926 bits per heavy atom. The van der Waals surface area contributed by atoms with Crippen LogP contribution in [-0.4, -0.2) is 128 Å². The van der Waals surface area contributed by atoms with Gasteiger partial charge in [-0.1, -0.05) is 0 Å². The molecule has 0 saturated carbocycles. The molecule has 0 bridgehead atoms. The van der Waals surface area contributed by atoms with Gasteiger partial charge in [0.2, 0.25) is 0 Å². The summed E-state index contributed by atoms with van der Waals surface area (Å²) in [6.45, 7) is -2.12. The van der Waals surface area contributed by atoms with Gasteiger partial charge in [-0.15, -0.1) is 0 Å². The molecule has 0 aliphatic rings. The van der Waals surface area contributed by atoms with E-state index in [9.17, 15) is 44.4 Å². The van der Waals surface area contributed by atoms with E-state index in [1.807, 2.05) is 0 Å². The van der Waals surface area contributed by atoms with Gasteiger partial charge in [-0.25, -0.2) is 4.21 Å². The van der Waals surface area contributed by atoms with Crippen molar-refractivity contribution in [1.82, 2.24) is 0 Å². The molecule has 0 aliphatic carbocycles. The molecule has 15 heteroatoms. The molecule has 0 saturated heterocycles. The van der Waals surface area contributed by atoms with Crippen LogP contribution in [0.15, 0.2) is 0 Å². The maximum Gasteiger partial charge on any atom is 1.00 e. The van der Waals surface area contributed by atoms with Crippen molar-refractivity contribution in [2.24, 2.45) is 0 Å². The van der Waals surface area contributed by atoms with Gasteiger partial charge >= 0.3 is 29.6 Å². The average molecular weight is 430 g/mol. The van der Waals surface area contributed by atoms with Gasteiger partial charge in [-0.3, -0.25) is 9.59 Å². The molecule has 10 N–H and O–H groups in total. The SMILES string of the molecule is O=C([C@H](O)[C@@H](O)[C@H](O)[C@H](O)CO)S(=O)C(=O)[C@H](O)[C@@H](O)[C@H](O)[C@H](O)CO.[H-].[Na+]. The minimum atomic E-state index is -3.38. The molecule has 0 radical (unpaired) electrons. The molecular weight excluding hydrogens is 407 g/mol. The van der Waals surface area contributed by atoms with Gasteiger partial charge in [0.05, 0.1) is 13.2 Å². The quantitative estimate of drug-likeness (QED) is 0.145. The molecule has 156 valence electrons. The van der Waals surface area contributed by atoms with Crippen molar-refractivity contribution in [3.63, 3.8) is 0 Å². The molecule has 0 spiro atoms. The van der Waals surface area contributed by atoms with E-state index < -0.39 is 83.1 Å². The van der Waals surface area contributed by atoms with Crippen LogP contribution in [0.25, 0.3) is 0 Å². The van der Waals surface area contributed by atoms with Crippen LogP contribution in [0.1, 0.15) is 1.43 Å². The Kier molecular flexibility index (Phi) is 14.5. The van der Waals surface area contributed by atoms with Gasteiger partial charge in [-0.05, 0) is 0 Å². The topological polar surface area (TPSA) is 254 Å². The van der Waals surface area contributed by atoms with Gasteiger partial charge in [0, 0.05) is 0 Å². The van der Waals surface area contributed by atoms with Crippen LogP contribution in [-0.2, 0) is 20.4 Å². The third-order valence-electron chi connectivity index (χ3n) is 3.36. The second kappa shape index (κ2) is 13.3. The van der Waals surface area contributed by atoms with Gasteiger partial charge in [0.1, 0.15) is 36.6 Å². The fourth-order valence-corrected chi connectivity index (χ4v) is 2.56. The standard InChI is InChI=1S/C12H22O13S.Na.H/c13-1-3(15)5(17)7(19)9(21)11(23)26(25)12(24)10(22)8(20)6(18)4(16)2-14;;/h3-10,13-22H,1-2H2;;/q;+1;-1/t3-,4-,5-,6-,7+,8+,9-,10-;;/m1../s1. The largest absolute Gasteiger partial charge is 1.00 e. The summed E-state index contributed by atoms with van der Waals surface area (Å²) < 4.78 is 11.7. The van der Waals surface area contributed by atoms with Gasteiger partial charge in [-0.2, -0.15) is 0 Å². The van der Waals surface area contributed by atoms with Crippen molar-refractivity contribution in [1.29, 1.82) is 0 Å². The van der Waals surface area contributed by atoms with Gasteiger partial charge in [0.25, 0.3) is 10.2 Å². The summed E-state index contributed by atoms with van der Waals surface area (Å²) in [6.07, 6.45) is -18.7. The van der Waals surface area contributed by atoms with E-state index in [-0.39, 0.29) is 31.0 Å². The predicted molar refractivity (Wildman–Crippen MR) is 81.5 cm³/mol. The summed E-state index contributed by atoms with van der Waals surface area (Å²) in [5.41, 5.74) is 0. The van der Waals surface area contributed by atoms with Crippen LogP contribution in [0.4, 0.5) is 0 Å². The van der Waals surface area contributed by atoms with E-state index in [4.69, 9.17) is 20.4 Å². The maximum absolute atomic E-state index is 11.7. The number of carbonyl (C=O) groups is 2. The van der Waals surface area contributed by atoms with E-state index in [0.29, 0.717) is 0 Å². The Morgan fingerprint density at radius 3 is 1.15 bits per heavy atom. The summed E-state index contributed by atoms with van der Waals surface area (Å²) >= 11 is 0. The number of aliphatic hydroxyl groups is 10. The van der Waals surface area contributed by atoms with E-state index in [0.717, 1.165) is 0 Å². The van der Waals surface area contributed by atoms with Crippen LogP contribution in [0.3, 0.4) is 0 Å². The van der Waals surface area contributed by atoms with Crippen molar-refractivity contribution < 1.29 is 95.8 Å². The zero-order chi connectivity index (χ0) is 20.8. The zero-order valence-corrected chi connectivity index (χ0v) is 17.0. The van der Waals surface area contributed by atoms with E-state index in [2.05, 4.69) is 0 Å². The normalized spacial score (nSPS) is 20.6. The fourth-order valence-electron chi connectivity index (χ4n) is 1.64. The minimum absolute atomic E-state index is 0. The summed E-state index contributed by atoms with van der Waals surface area (Å²) in [7, 11) is -3.38. The summed E-state index contributed by atoms with van der Waals surface area (Å²) in [6, 6.07) is 0. The number of hydrogen-bond acceptors (Lipinski definition) is 13. The number of aliphatic hydroxyl groups excluding tert-OH is 10. The number of hydrogen-bond donors (Lipinski definition) is 10. The molecule has 0 aliphatic heterocycles. The smallest absolute Gasteiger partial charge is 1.00 e. The van der Waals surface area contributed by atoms with Crippen LogP contribution in [0.2, 0.25) is 0 Å². The second-order valence-corrected chi connectivity index (χ2v) is 6.60. The average Bonchev–Trinajstić information content (AvgIpc) is 2.66. The molecule has 0 unspecified atom stereocenters. The first kappa shape index (κ1) is 29.3. The Balaban J connectivity index is -0.00000312. The van der Waals surface area contributed by atoms with Crippen LogP contribution < -0.4 is 29.6 Å². The Bertz CT molecular complexity index is 470. The van der Waals surface area contributed by atoms with Gasteiger partial charge in [0.15, 0.2) is 23.0 Å². The fraction of sp³-hybridized carbons (Fsp3) is 0.833. The molecule has 27 heavy (non-hydrogen) atoms. The summed E-state index contributed by atoms with van der Waals surface area (Å²) in [4.78, 5) is 23.4. The Morgan fingerprint density at radius 1 is 0.667 bits per heavy atom. The molecule has 0 amide bonds.